The van der Waals surface area contributed by atoms with Crippen LogP contribution in [0.15, 0.2) is 52.3 Å². The van der Waals surface area contributed by atoms with Crippen LogP contribution in [0.3, 0.4) is 0 Å². The van der Waals surface area contributed by atoms with E-state index in [9.17, 15) is 4.39 Å². The highest BCUT2D eigenvalue weighted by Gasteiger charge is 2.17. The summed E-state index contributed by atoms with van der Waals surface area (Å²) in [6.45, 7) is 0. The molecule has 0 aliphatic carbocycles. The highest BCUT2D eigenvalue weighted by atomic mass is 79.9. The van der Waals surface area contributed by atoms with Crippen LogP contribution < -0.4 is 5.32 Å². The molecule has 3 aromatic rings. The van der Waals surface area contributed by atoms with Gasteiger partial charge < -0.3 is 5.32 Å². The molecule has 1 N–H and O–H groups in total. The Labute approximate surface area is 135 Å². The molecule has 1 atom stereocenters. The Morgan fingerprint density at radius 1 is 1.19 bits per heavy atom. The van der Waals surface area contributed by atoms with Crippen molar-refractivity contribution in [1.82, 2.24) is 5.32 Å². The number of hydrogen-bond acceptors (Lipinski definition) is 2. The summed E-state index contributed by atoms with van der Waals surface area (Å²) in [5.41, 5.74) is 1.96. The molecule has 1 heterocycles. The van der Waals surface area contributed by atoms with Gasteiger partial charge in [0.15, 0.2) is 0 Å². The number of thiophene rings is 1. The van der Waals surface area contributed by atoms with Crippen molar-refractivity contribution in [2.45, 2.75) is 12.5 Å². The number of halogens is 2. The minimum absolute atomic E-state index is 0.0412. The maximum Gasteiger partial charge on any atom is 0.142 e. The maximum absolute atomic E-state index is 14.3. The van der Waals surface area contributed by atoms with E-state index in [1.807, 2.05) is 31.3 Å². The van der Waals surface area contributed by atoms with Crippen molar-refractivity contribution in [2.24, 2.45) is 0 Å². The first-order valence-electron chi connectivity index (χ1n) is 6.77. The smallest absolute Gasteiger partial charge is 0.142 e. The lowest BCUT2D eigenvalue weighted by Crippen LogP contribution is -2.20. The van der Waals surface area contributed by atoms with E-state index in [2.05, 4.69) is 38.8 Å². The summed E-state index contributed by atoms with van der Waals surface area (Å²) in [6.07, 6.45) is 0.772. The fraction of sp³-hybridized carbons (Fsp3) is 0.176. The molecule has 0 spiro atoms. The molecule has 0 amide bonds. The lowest BCUT2D eigenvalue weighted by Gasteiger charge is -2.17. The average Bonchev–Trinajstić information content (AvgIpc) is 2.91. The summed E-state index contributed by atoms with van der Waals surface area (Å²) in [6, 6.07) is 13.8. The van der Waals surface area contributed by atoms with E-state index in [1.165, 1.54) is 15.6 Å². The summed E-state index contributed by atoms with van der Waals surface area (Å²) < 4.78 is 16.1. The van der Waals surface area contributed by atoms with Gasteiger partial charge >= 0.3 is 0 Å². The number of nitrogens with one attached hydrogen (secondary N) is 1. The van der Waals surface area contributed by atoms with Crippen LogP contribution in [0.4, 0.5) is 4.39 Å². The van der Waals surface area contributed by atoms with Gasteiger partial charge in [-0.3, -0.25) is 0 Å². The Morgan fingerprint density at radius 3 is 2.81 bits per heavy atom. The van der Waals surface area contributed by atoms with Crippen molar-refractivity contribution in [3.8, 4) is 0 Å². The van der Waals surface area contributed by atoms with Gasteiger partial charge in [0, 0.05) is 16.3 Å². The number of likely N-dealkylation sites (N-methyl/N-ethyl adjacent to an activating group) is 1. The van der Waals surface area contributed by atoms with Gasteiger partial charge in [0.25, 0.3) is 0 Å². The summed E-state index contributed by atoms with van der Waals surface area (Å²) in [4.78, 5) is 0. The highest BCUT2D eigenvalue weighted by molar-refractivity contribution is 9.10. The SMILES string of the molecule is CNC(Cc1csc2ccccc12)c1cccc(Br)c1F. The second-order valence-electron chi connectivity index (χ2n) is 4.95. The van der Waals surface area contributed by atoms with E-state index in [-0.39, 0.29) is 11.9 Å². The van der Waals surface area contributed by atoms with Crippen LogP contribution in [0.2, 0.25) is 0 Å². The Kier molecular flexibility index (Phi) is 4.38. The van der Waals surface area contributed by atoms with Crippen LogP contribution in [0, 0.1) is 5.82 Å². The van der Waals surface area contributed by atoms with E-state index < -0.39 is 0 Å². The van der Waals surface area contributed by atoms with Gasteiger partial charge in [0.1, 0.15) is 5.82 Å². The molecule has 0 fully saturated rings. The monoisotopic (exact) mass is 363 g/mol. The molecule has 21 heavy (non-hydrogen) atoms. The van der Waals surface area contributed by atoms with Gasteiger partial charge in [-0.15, -0.1) is 11.3 Å². The summed E-state index contributed by atoms with van der Waals surface area (Å²) in [5, 5.41) is 6.67. The lowest BCUT2D eigenvalue weighted by atomic mass is 9.98. The Morgan fingerprint density at radius 2 is 2.00 bits per heavy atom. The van der Waals surface area contributed by atoms with Crippen LogP contribution in [-0.2, 0) is 6.42 Å². The van der Waals surface area contributed by atoms with Crippen LogP contribution in [0.5, 0.6) is 0 Å². The third-order valence-corrected chi connectivity index (χ3v) is 5.32. The fourth-order valence-electron chi connectivity index (χ4n) is 2.57. The number of fused-ring (bicyclic) bond motifs is 1. The number of hydrogen-bond donors (Lipinski definition) is 1. The van der Waals surface area contributed by atoms with Crippen molar-refractivity contribution < 1.29 is 4.39 Å². The summed E-state index contributed by atoms with van der Waals surface area (Å²) in [5.74, 6) is -0.184. The van der Waals surface area contributed by atoms with Crippen molar-refractivity contribution in [2.75, 3.05) is 7.05 Å². The summed E-state index contributed by atoms with van der Waals surface area (Å²) >= 11 is 5.00. The van der Waals surface area contributed by atoms with Gasteiger partial charge in [0.2, 0.25) is 0 Å². The topological polar surface area (TPSA) is 12.0 Å². The molecule has 4 heteroatoms. The molecule has 1 aromatic heterocycles. The minimum Gasteiger partial charge on any atom is -0.313 e. The molecule has 3 rings (SSSR count). The zero-order valence-electron chi connectivity index (χ0n) is 11.6. The van der Waals surface area contributed by atoms with Crippen molar-refractivity contribution >= 4 is 37.4 Å². The average molecular weight is 364 g/mol. The fourth-order valence-corrected chi connectivity index (χ4v) is 3.93. The third kappa shape index (κ3) is 2.89. The molecule has 0 aliphatic rings. The highest BCUT2D eigenvalue weighted by Crippen LogP contribution is 2.31. The molecule has 2 aromatic carbocycles. The number of benzene rings is 2. The summed E-state index contributed by atoms with van der Waals surface area (Å²) in [7, 11) is 1.87. The molecular formula is C17H15BrFNS. The first-order chi connectivity index (χ1) is 10.2. The van der Waals surface area contributed by atoms with Crippen molar-refractivity contribution in [1.29, 1.82) is 0 Å². The van der Waals surface area contributed by atoms with Crippen LogP contribution in [-0.4, -0.2) is 7.05 Å². The van der Waals surface area contributed by atoms with E-state index in [4.69, 9.17) is 0 Å². The third-order valence-electron chi connectivity index (χ3n) is 3.69. The molecule has 108 valence electrons. The molecule has 0 saturated carbocycles. The van der Waals surface area contributed by atoms with Gasteiger partial charge in [0.05, 0.1) is 4.47 Å². The zero-order valence-corrected chi connectivity index (χ0v) is 14.0. The van der Waals surface area contributed by atoms with Crippen molar-refractivity contribution in [3.05, 3.63) is 69.3 Å². The Hall–Kier alpha value is -1.23. The normalized spacial score (nSPS) is 12.7. The molecule has 0 aliphatic heterocycles. The largest absolute Gasteiger partial charge is 0.313 e. The predicted octanol–water partition coefficient (Wildman–Crippen LogP) is 5.31. The van der Waals surface area contributed by atoms with Crippen LogP contribution >= 0.6 is 27.3 Å². The van der Waals surface area contributed by atoms with Crippen molar-refractivity contribution in [3.63, 3.8) is 0 Å². The van der Waals surface area contributed by atoms with Crippen LogP contribution in [0.1, 0.15) is 17.2 Å². The van der Waals surface area contributed by atoms with Gasteiger partial charge in [-0.25, -0.2) is 4.39 Å². The maximum atomic E-state index is 14.3. The molecule has 0 radical (unpaired) electrons. The van der Waals surface area contributed by atoms with E-state index in [0.717, 1.165) is 6.42 Å². The molecule has 0 bridgehead atoms. The second-order valence-corrected chi connectivity index (χ2v) is 6.71. The quantitative estimate of drug-likeness (QED) is 0.662. The Balaban J connectivity index is 1.96. The Bertz CT molecular complexity index is 768. The molecule has 1 unspecified atom stereocenters. The standard InChI is InChI=1S/C17H15BrFNS/c1-20-15(13-6-4-7-14(18)17(13)19)9-11-10-21-16-8-3-2-5-12(11)16/h2-8,10,15,20H,9H2,1H3. The van der Waals surface area contributed by atoms with Gasteiger partial charge in [-0.1, -0.05) is 30.3 Å². The molecule has 1 nitrogen and oxygen atoms in total. The van der Waals surface area contributed by atoms with E-state index in [0.29, 0.717) is 10.0 Å². The van der Waals surface area contributed by atoms with E-state index in [1.54, 1.807) is 17.4 Å². The first kappa shape index (κ1) is 14.7. The second kappa shape index (κ2) is 6.26. The van der Waals surface area contributed by atoms with E-state index >= 15 is 0 Å². The molecular weight excluding hydrogens is 349 g/mol. The van der Waals surface area contributed by atoms with Gasteiger partial charge in [-0.2, -0.15) is 0 Å². The van der Waals surface area contributed by atoms with Gasteiger partial charge in [-0.05, 0) is 57.9 Å². The first-order valence-corrected chi connectivity index (χ1v) is 8.44. The lowest BCUT2D eigenvalue weighted by molar-refractivity contribution is 0.532. The predicted molar refractivity (Wildman–Crippen MR) is 91.4 cm³/mol. The van der Waals surface area contributed by atoms with Crippen LogP contribution in [0.25, 0.3) is 10.1 Å². The number of rotatable bonds is 4. The minimum atomic E-state index is -0.184. The zero-order chi connectivity index (χ0) is 14.8. The molecule has 0 saturated heterocycles.